The number of carbonyl (C=O) groups excluding carboxylic acids is 2. The first-order chi connectivity index (χ1) is 15.1. The lowest BCUT2D eigenvalue weighted by Crippen LogP contribution is -2.45. The predicted molar refractivity (Wildman–Crippen MR) is 123 cm³/mol. The molecule has 156 valence electrons. The molecule has 31 heavy (non-hydrogen) atoms. The third-order valence-electron chi connectivity index (χ3n) is 4.92. The minimum Gasteiger partial charge on any atom is -0.324 e. The highest BCUT2D eigenvalue weighted by Crippen LogP contribution is 2.24. The number of benzene rings is 2. The van der Waals surface area contributed by atoms with Gasteiger partial charge < -0.3 is 10.2 Å². The highest BCUT2D eigenvalue weighted by molar-refractivity contribution is 7.99. The Bertz CT molecular complexity index is 1110. The van der Waals surface area contributed by atoms with Crippen LogP contribution in [-0.2, 0) is 22.4 Å². The number of hydrogen-bond acceptors (Lipinski definition) is 6. The van der Waals surface area contributed by atoms with Gasteiger partial charge in [0.15, 0.2) is 0 Å². The van der Waals surface area contributed by atoms with Crippen LogP contribution in [-0.4, -0.2) is 39.4 Å². The van der Waals surface area contributed by atoms with E-state index in [1.807, 2.05) is 29.6 Å². The molecular weight excluding hydrogens is 428 g/mol. The Hall–Kier alpha value is -3.15. The first kappa shape index (κ1) is 21.1. The number of carbonyl (C=O) groups is 2. The zero-order valence-corrected chi connectivity index (χ0v) is 18.3. The van der Waals surface area contributed by atoms with Gasteiger partial charge in [-0.25, -0.2) is 4.98 Å². The number of hydrogen-bond donors (Lipinski definition) is 1. The molecule has 1 unspecified atom stereocenters. The van der Waals surface area contributed by atoms with E-state index < -0.39 is 6.04 Å². The second-order valence-corrected chi connectivity index (χ2v) is 9.07. The number of amides is 2. The molecule has 1 aromatic heterocycles. The summed E-state index contributed by atoms with van der Waals surface area (Å²) < 4.78 is 0. The van der Waals surface area contributed by atoms with Crippen molar-refractivity contribution in [3.8, 4) is 6.07 Å². The largest absolute Gasteiger partial charge is 0.324 e. The molecule has 1 N–H and O–H groups in total. The zero-order valence-electron chi connectivity index (χ0n) is 16.7. The highest BCUT2D eigenvalue weighted by Gasteiger charge is 2.34. The van der Waals surface area contributed by atoms with Gasteiger partial charge in [-0.2, -0.15) is 5.26 Å². The van der Waals surface area contributed by atoms with Crippen LogP contribution in [0.2, 0.25) is 0 Å². The van der Waals surface area contributed by atoms with Gasteiger partial charge in [0.2, 0.25) is 11.8 Å². The number of aromatic nitrogens is 1. The van der Waals surface area contributed by atoms with Crippen molar-refractivity contribution >= 4 is 40.6 Å². The average molecular weight is 449 g/mol. The van der Waals surface area contributed by atoms with Crippen molar-refractivity contribution < 1.29 is 9.59 Å². The lowest BCUT2D eigenvalue weighted by molar-refractivity contribution is -0.135. The molecule has 0 bridgehead atoms. The minimum absolute atomic E-state index is 0.0958. The summed E-state index contributed by atoms with van der Waals surface area (Å²) in [6, 6.07) is 18.3. The molecule has 1 aliphatic heterocycles. The molecule has 0 aliphatic carbocycles. The molecule has 2 amide bonds. The molecule has 0 saturated carbocycles. The molecule has 4 rings (SSSR count). The van der Waals surface area contributed by atoms with E-state index >= 15 is 0 Å². The van der Waals surface area contributed by atoms with Gasteiger partial charge >= 0.3 is 0 Å². The van der Waals surface area contributed by atoms with Crippen LogP contribution >= 0.6 is 23.1 Å². The van der Waals surface area contributed by atoms with Gasteiger partial charge in [-0.1, -0.05) is 30.3 Å². The number of anilines is 1. The van der Waals surface area contributed by atoms with Gasteiger partial charge in [-0.15, -0.1) is 23.1 Å². The Morgan fingerprint density at radius 1 is 1.16 bits per heavy atom. The van der Waals surface area contributed by atoms with Crippen LogP contribution in [0.3, 0.4) is 0 Å². The van der Waals surface area contributed by atoms with Crippen molar-refractivity contribution in [2.75, 3.05) is 16.9 Å². The number of thiazole rings is 1. The van der Waals surface area contributed by atoms with E-state index in [-0.39, 0.29) is 18.2 Å². The number of rotatable bonds is 6. The van der Waals surface area contributed by atoms with Gasteiger partial charge in [0.25, 0.3) is 0 Å². The summed E-state index contributed by atoms with van der Waals surface area (Å²) in [6.45, 7) is 0. The Kier molecular flexibility index (Phi) is 6.65. The summed E-state index contributed by atoms with van der Waals surface area (Å²) >= 11 is 3.12. The minimum atomic E-state index is -0.518. The van der Waals surface area contributed by atoms with Crippen LogP contribution in [0.15, 0.2) is 60.0 Å². The lowest BCUT2D eigenvalue weighted by Gasteiger charge is -2.22. The molecule has 1 fully saturated rings. The van der Waals surface area contributed by atoms with Crippen molar-refractivity contribution in [1.29, 1.82) is 5.26 Å². The standard InChI is InChI=1S/C23H20N4O2S2/c24-12-17-6-8-18(9-7-17)26-23(29)20-14-30-15-27(20)22(28)11-19-13-31-21(25-19)10-16-4-2-1-3-5-16/h1-9,13,20H,10-11,14-15H2,(H,26,29). The van der Waals surface area contributed by atoms with Crippen molar-refractivity contribution in [3.05, 3.63) is 81.8 Å². The molecule has 1 atom stereocenters. The van der Waals surface area contributed by atoms with E-state index in [0.29, 0.717) is 22.9 Å². The Morgan fingerprint density at radius 2 is 1.94 bits per heavy atom. The van der Waals surface area contributed by atoms with Crippen molar-refractivity contribution in [2.45, 2.75) is 18.9 Å². The summed E-state index contributed by atoms with van der Waals surface area (Å²) in [7, 11) is 0. The number of thioether (sulfide) groups is 1. The summed E-state index contributed by atoms with van der Waals surface area (Å²) in [5, 5.41) is 14.6. The molecule has 2 aromatic carbocycles. The van der Waals surface area contributed by atoms with E-state index in [4.69, 9.17) is 5.26 Å². The van der Waals surface area contributed by atoms with E-state index in [1.165, 1.54) is 5.56 Å². The maximum Gasteiger partial charge on any atom is 0.248 e. The third-order valence-corrected chi connectivity index (χ3v) is 6.83. The fourth-order valence-corrected chi connectivity index (χ4v) is 5.31. The number of nitrogens with one attached hydrogen (secondary N) is 1. The second kappa shape index (κ2) is 9.77. The van der Waals surface area contributed by atoms with Gasteiger partial charge in [0.05, 0.1) is 34.6 Å². The fourth-order valence-electron chi connectivity index (χ4n) is 3.30. The van der Waals surface area contributed by atoms with Crippen LogP contribution in [0.1, 0.15) is 21.8 Å². The summed E-state index contributed by atoms with van der Waals surface area (Å²) in [4.78, 5) is 31.9. The van der Waals surface area contributed by atoms with Crippen molar-refractivity contribution in [3.63, 3.8) is 0 Å². The zero-order chi connectivity index (χ0) is 21.6. The number of nitrogens with zero attached hydrogens (tertiary/aromatic N) is 3. The van der Waals surface area contributed by atoms with Gasteiger partial charge in [0, 0.05) is 23.2 Å². The van der Waals surface area contributed by atoms with Gasteiger partial charge in [-0.05, 0) is 29.8 Å². The van der Waals surface area contributed by atoms with Crippen LogP contribution in [0.4, 0.5) is 5.69 Å². The third kappa shape index (κ3) is 5.32. The van der Waals surface area contributed by atoms with Gasteiger partial charge in [0.1, 0.15) is 6.04 Å². The SMILES string of the molecule is N#Cc1ccc(NC(=O)C2CSCN2C(=O)Cc2csc(Cc3ccccc3)n2)cc1. The molecule has 1 saturated heterocycles. The summed E-state index contributed by atoms with van der Waals surface area (Å²) in [6.07, 6.45) is 0.932. The maximum absolute atomic E-state index is 12.9. The van der Waals surface area contributed by atoms with Crippen molar-refractivity contribution in [1.82, 2.24) is 9.88 Å². The Morgan fingerprint density at radius 3 is 2.68 bits per heavy atom. The molecule has 8 heteroatoms. The molecule has 3 aromatic rings. The van der Waals surface area contributed by atoms with E-state index in [0.717, 1.165) is 17.1 Å². The molecule has 0 spiro atoms. The molecule has 2 heterocycles. The monoisotopic (exact) mass is 448 g/mol. The van der Waals surface area contributed by atoms with Crippen LogP contribution in [0, 0.1) is 11.3 Å². The molecule has 6 nitrogen and oxygen atoms in total. The van der Waals surface area contributed by atoms with Crippen LogP contribution < -0.4 is 5.32 Å². The van der Waals surface area contributed by atoms with Crippen LogP contribution in [0.25, 0.3) is 0 Å². The summed E-state index contributed by atoms with van der Waals surface area (Å²) in [5.41, 5.74) is 3.06. The van der Waals surface area contributed by atoms with E-state index in [1.54, 1.807) is 52.3 Å². The average Bonchev–Trinajstić information content (AvgIpc) is 3.45. The van der Waals surface area contributed by atoms with Gasteiger partial charge in [-0.3, -0.25) is 9.59 Å². The number of nitriles is 1. The topological polar surface area (TPSA) is 86.1 Å². The second-order valence-electron chi connectivity index (χ2n) is 7.13. The normalized spacial score (nSPS) is 15.5. The first-order valence-electron chi connectivity index (χ1n) is 9.78. The predicted octanol–water partition coefficient (Wildman–Crippen LogP) is 3.69. The lowest BCUT2D eigenvalue weighted by atomic mass is 10.2. The highest BCUT2D eigenvalue weighted by atomic mass is 32.2. The smallest absolute Gasteiger partial charge is 0.248 e. The quantitative estimate of drug-likeness (QED) is 0.622. The Balaban J connectivity index is 1.36. The molecular formula is C23H20N4O2S2. The van der Waals surface area contributed by atoms with Crippen LogP contribution in [0.5, 0.6) is 0 Å². The van der Waals surface area contributed by atoms with E-state index in [9.17, 15) is 9.59 Å². The molecule has 1 aliphatic rings. The molecule has 0 radical (unpaired) electrons. The summed E-state index contributed by atoms with van der Waals surface area (Å²) in [5.74, 6) is 0.739. The fraction of sp³-hybridized carbons (Fsp3) is 0.217. The first-order valence-corrected chi connectivity index (χ1v) is 11.8. The van der Waals surface area contributed by atoms with E-state index in [2.05, 4.69) is 22.4 Å². The maximum atomic E-state index is 12.9. The Labute approximate surface area is 188 Å². The van der Waals surface area contributed by atoms with Crippen molar-refractivity contribution in [2.24, 2.45) is 0 Å².